The van der Waals surface area contributed by atoms with Crippen molar-refractivity contribution in [2.24, 2.45) is 7.05 Å². The van der Waals surface area contributed by atoms with Crippen LogP contribution in [0.3, 0.4) is 0 Å². The predicted molar refractivity (Wildman–Crippen MR) is 87.3 cm³/mol. The second-order valence-electron chi connectivity index (χ2n) is 5.92. The van der Waals surface area contributed by atoms with E-state index in [4.69, 9.17) is 4.74 Å². The summed E-state index contributed by atoms with van der Waals surface area (Å²) in [4.78, 5) is 24.2. The number of hydrogen-bond donors (Lipinski definition) is 1. The minimum absolute atomic E-state index is 0.161. The Balaban J connectivity index is 1.85. The third kappa shape index (κ3) is 3.54. The Kier molecular flexibility index (Phi) is 4.76. The minimum Gasteiger partial charge on any atom is -0.376 e. The lowest BCUT2D eigenvalue weighted by Gasteiger charge is -2.25. The molecule has 6 heteroatoms. The first-order valence-electron chi connectivity index (χ1n) is 7.89. The Morgan fingerprint density at radius 3 is 2.71 bits per heavy atom. The highest BCUT2D eigenvalue weighted by atomic mass is 19.1. The fourth-order valence-electron chi connectivity index (χ4n) is 2.84. The van der Waals surface area contributed by atoms with E-state index < -0.39 is 0 Å². The van der Waals surface area contributed by atoms with Gasteiger partial charge in [-0.3, -0.25) is 9.59 Å². The van der Waals surface area contributed by atoms with E-state index in [1.807, 2.05) is 0 Å². The normalized spacial score (nSPS) is 18.3. The van der Waals surface area contributed by atoms with Gasteiger partial charge in [-0.15, -0.1) is 0 Å². The van der Waals surface area contributed by atoms with Gasteiger partial charge in [0.25, 0.3) is 11.5 Å². The Morgan fingerprint density at radius 1 is 1.33 bits per heavy atom. The van der Waals surface area contributed by atoms with Crippen molar-refractivity contribution >= 4 is 5.91 Å². The van der Waals surface area contributed by atoms with E-state index in [2.05, 4.69) is 5.32 Å². The number of benzene rings is 1. The first-order chi connectivity index (χ1) is 11.5. The lowest BCUT2D eigenvalue weighted by molar-refractivity contribution is 0.0672. The quantitative estimate of drug-likeness (QED) is 0.935. The van der Waals surface area contributed by atoms with Crippen LogP contribution in [0.25, 0.3) is 0 Å². The first kappa shape index (κ1) is 16.4. The Labute approximate surface area is 139 Å². The number of nitrogens with zero attached hydrogens (tertiary/aromatic N) is 1. The lowest BCUT2D eigenvalue weighted by atomic mass is 9.98. The van der Waals surface area contributed by atoms with Crippen molar-refractivity contribution in [3.8, 4) is 0 Å². The number of carbonyl (C=O) groups excluding carboxylic acids is 1. The molecule has 1 aromatic carbocycles. The Bertz CT molecular complexity index is 780. The number of ether oxygens (including phenoxy) is 1. The molecule has 0 radical (unpaired) electrons. The molecule has 1 fully saturated rings. The number of hydrogen-bond acceptors (Lipinski definition) is 3. The van der Waals surface area contributed by atoms with Gasteiger partial charge in [0.15, 0.2) is 0 Å². The van der Waals surface area contributed by atoms with E-state index in [1.165, 1.54) is 22.8 Å². The number of aryl methyl sites for hydroxylation is 1. The van der Waals surface area contributed by atoms with Crippen LogP contribution in [0.5, 0.6) is 0 Å². The van der Waals surface area contributed by atoms with Gasteiger partial charge in [0.1, 0.15) is 5.82 Å². The van der Waals surface area contributed by atoms with Gasteiger partial charge < -0.3 is 14.6 Å². The molecular formula is C18H19FN2O3. The third-order valence-corrected chi connectivity index (χ3v) is 4.22. The van der Waals surface area contributed by atoms with E-state index in [1.54, 1.807) is 31.4 Å². The molecule has 0 spiro atoms. The van der Waals surface area contributed by atoms with Gasteiger partial charge in [0.05, 0.1) is 12.1 Å². The van der Waals surface area contributed by atoms with Crippen molar-refractivity contribution in [3.63, 3.8) is 0 Å². The number of pyridine rings is 1. The zero-order valence-electron chi connectivity index (χ0n) is 13.4. The van der Waals surface area contributed by atoms with Crippen molar-refractivity contribution in [2.75, 3.05) is 6.61 Å². The monoisotopic (exact) mass is 330 g/mol. The largest absolute Gasteiger partial charge is 0.376 e. The van der Waals surface area contributed by atoms with E-state index >= 15 is 0 Å². The van der Waals surface area contributed by atoms with Crippen LogP contribution in [-0.2, 0) is 11.8 Å². The second kappa shape index (κ2) is 6.97. The van der Waals surface area contributed by atoms with Crippen LogP contribution in [0.2, 0.25) is 0 Å². The van der Waals surface area contributed by atoms with Gasteiger partial charge in [-0.2, -0.15) is 0 Å². The number of carbonyl (C=O) groups is 1. The van der Waals surface area contributed by atoms with Crippen LogP contribution in [-0.4, -0.2) is 23.2 Å². The molecule has 5 nitrogen and oxygen atoms in total. The molecule has 1 amide bonds. The highest BCUT2D eigenvalue weighted by Crippen LogP contribution is 2.27. The third-order valence-electron chi connectivity index (χ3n) is 4.22. The van der Waals surface area contributed by atoms with Crippen LogP contribution in [0, 0.1) is 5.82 Å². The van der Waals surface area contributed by atoms with Crippen LogP contribution in [0.1, 0.15) is 34.8 Å². The zero-order chi connectivity index (χ0) is 17.1. The topological polar surface area (TPSA) is 60.3 Å². The van der Waals surface area contributed by atoms with E-state index in [0.29, 0.717) is 12.2 Å². The van der Waals surface area contributed by atoms with Gasteiger partial charge in [0.2, 0.25) is 0 Å². The Morgan fingerprint density at radius 2 is 2.08 bits per heavy atom. The fraction of sp³-hybridized carbons (Fsp3) is 0.333. The number of halogens is 1. The summed E-state index contributed by atoms with van der Waals surface area (Å²) in [6.07, 6.45) is 3.13. The molecule has 2 atom stereocenters. The second-order valence-corrected chi connectivity index (χ2v) is 5.92. The van der Waals surface area contributed by atoms with Gasteiger partial charge >= 0.3 is 0 Å². The Hall–Kier alpha value is -2.47. The summed E-state index contributed by atoms with van der Waals surface area (Å²) in [6.45, 7) is 0.643. The summed E-state index contributed by atoms with van der Waals surface area (Å²) < 4.78 is 20.3. The van der Waals surface area contributed by atoms with Crippen LogP contribution < -0.4 is 10.9 Å². The molecule has 0 aliphatic carbocycles. The predicted octanol–water partition coefficient (Wildman–Crippen LogP) is 2.17. The molecule has 2 aromatic rings. The van der Waals surface area contributed by atoms with Crippen molar-refractivity contribution in [1.82, 2.24) is 9.88 Å². The molecule has 2 heterocycles. The maximum atomic E-state index is 13.2. The summed E-state index contributed by atoms with van der Waals surface area (Å²) in [7, 11) is 1.62. The van der Waals surface area contributed by atoms with E-state index in [-0.39, 0.29) is 29.4 Å². The van der Waals surface area contributed by atoms with Crippen molar-refractivity contribution in [2.45, 2.75) is 25.0 Å². The summed E-state index contributed by atoms with van der Waals surface area (Å²) in [5.74, 6) is -0.680. The van der Waals surface area contributed by atoms with Crippen LogP contribution in [0.4, 0.5) is 4.39 Å². The van der Waals surface area contributed by atoms with Crippen molar-refractivity contribution in [1.29, 1.82) is 0 Å². The molecule has 0 bridgehead atoms. The summed E-state index contributed by atoms with van der Waals surface area (Å²) >= 11 is 0. The maximum Gasteiger partial charge on any atom is 0.252 e. The molecule has 126 valence electrons. The van der Waals surface area contributed by atoms with E-state index in [9.17, 15) is 14.0 Å². The highest BCUT2D eigenvalue weighted by Gasteiger charge is 2.29. The molecule has 1 aliphatic rings. The maximum absolute atomic E-state index is 13.2. The van der Waals surface area contributed by atoms with Gasteiger partial charge in [-0.1, -0.05) is 12.1 Å². The molecule has 1 aliphatic heterocycles. The SMILES string of the molecule is Cn1ccc(C(=O)NC(c2ccc(F)cc2)C2CCCO2)cc1=O. The highest BCUT2D eigenvalue weighted by molar-refractivity contribution is 5.94. The number of aromatic nitrogens is 1. The molecule has 3 rings (SSSR count). The summed E-state index contributed by atoms with van der Waals surface area (Å²) in [5.41, 5.74) is 0.821. The molecule has 24 heavy (non-hydrogen) atoms. The molecule has 1 N–H and O–H groups in total. The fourth-order valence-corrected chi connectivity index (χ4v) is 2.84. The molecule has 2 unspecified atom stereocenters. The number of rotatable bonds is 4. The minimum atomic E-state index is -0.385. The van der Waals surface area contributed by atoms with Crippen LogP contribution >= 0.6 is 0 Å². The van der Waals surface area contributed by atoms with Gasteiger partial charge in [-0.25, -0.2) is 4.39 Å². The summed E-state index contributed by atoms with van der Waals surface area (Å²) in [6, 6.07) is 8.52. The lowest BCUT2D eigenvalue weighted by Crippen LogP contribution is -2.36. The smallest absolute Gasteiger partial charge is 0.252 e. The number of nitrogens with one attached hydrogen (secondary N) is 1. The molecule has 0 saturated carbocycles. The molecule has 1 aromatic heterocycles. The summed E-state index contributed by atoms with van der Waals surface area (Å²) in [5, 5.41) is 2.92. The van der Waals surface area contributed by atoms with Gasteiger partial charge in [-0.05, 0) is 36.6 Å². The number of amides is 1. The van der Waals surface area contributed by atoms with Crippen molar-refractivity contribution in [3.05, 3.63) is 69.9 Å². The van der Waals surface area contributed by atoms with Crippen LogP contribution in [0.15, 0.2) is 47.4 Å². The van der Waals surface area contributed by atoms with E-state index in [0.717, 1.165) is 18.4 Å². The average molecular weight is 330 g/mol. The average Bonchev–Trinajstić information content (AvgIpc) is 3.10. The zero-order valence-corrected chi connectivity index (χ0v) is 13.4. The van der Waals surface area contributed by atoms with Crippen molar-refractivity contribution < 1.29 is 13.9 Å². The first-order valence-corrected chi connectivity index (χ1v) is 7.89. The molecule has 1 saturated heterocycles. The van der Waals surface area contributed by atoms with Gasteiger partial charge in [0, 0.05) is 31.5 Å². The molecular weight excluding hydrogens is 311 g/mol. The standard InChI is InChI=1S/C18H19FN2O3/c1-21-9-8-13(11-16(21)22)18(23)20-17(15-3-2-10-24-15)12-4-6-14(19)7-5-12/h4-9,11,15,17H,2-3,10H2,1H3,(H,20,23).